The van der Waals surface area contributed by atoms with Crippen molar-refractivity contribution in [2.24, 2.45) is 0 Å². The average Bonchev–Trinajstić information content (AvgIpc) is 2.76. The van der Waals surface area contributed by atoms with Gasteiger partial charge in [0, 0.05) is 17.1 Å². The number of nitrogens with zero attached hydrogens (tertiary/aromatic N) is 1. The van der Waals surface area contributed by atoms with E-state index in [1.165, 1.54) is 12.1 Å². The van der Waals surface area contributed by atoms with Crippen LogP contribution in [0, 0.1) is 5.82 Å². The number of likely N-dealkylation sites (tertiary alicyclic amines) is 1. The molecule has 17 heavy (non-hydrogen) atoms. The molecule has 0 aliphatic carbocycles. The zero-order valence-electron chi connectivity index (χ0n) is 9.75. The van der Waals surface area contributed by atoms with E-state index in [0.29, 0.717) is 16.1 Å². The summed E-state index contributed by atoms with van der Waals surface area (Å²) in [7, 11) is 0. The summed E-state index contributed by atoms with van der Waals surface area (Å²) in [6.07, 6.45) is 3.11. The lowest BCUT2D eigenvalue weighted by Crippen LogP contribution is -2.35. The Morgan fingerprint density at radius 2 is 2.35 bits per heavy atom. The molecule has 2 nitrogen and oxygen atoms in total. The molecule has 1 aliphatic heterocycles. The Hall–Kier alpha value is -0.900. The van der Waals surface area contributed by atoms with Gasteiger partial charge in [-0.1, -0.05) is 6.92 Å². The van der Waals surface area contributed by atoms with E-state index in [4.69, 9.17) is 0 Å². The largest absolute Gasteiger partial charge is 0.336 e. The fraction of sp³-hybridized carbons (Fsp3) is 0.462. The molecule has 1 unspecified atom stereocenters. The van der Waals surface area contributed by atoms with Gasteiger partial charge in [-0.2, -0.15) is 0 Å². The molecule has 1 saturated heterocycles. The Labute approximate surface area is 109 Å². The van der Waals surface area contributed by atoms with Crippen LogP contribution in [0.3, 0.4) is 0 Å². The zero-order valence-corrected chi connectivity index (χ0v) is 11.3. The van der Waals surface area contributed by atoms with Crippen LogP contribution in [0.25, 0.3) is 0 Å². The summed E-state index contributed by atoms with van der Waals surface area (Å²) in [5.74, 6) is -0.330. The first-order valence-corrected chi connectivity index (χ1v) is 6.68. The van der Waals surface area contributed by atoms with Crippen LogP contribution in [0.4, 0.5) is 4.39 Å². The van der Waals surface area contributed by atoms with Crippen LogP contribution in [0.2, 0.25) is 0 Å². The zero-order chi connectivity index (χ0) is 12.4. The summed E-state index contributed by atoms with van der Waals surface area (Å²) in [4.78, 5) is 14.2. The monoisotopic (exact) mass is 299 g/mol. The number of benzene rings is 1. The summed E-state index contributed by atoms with van der Waals surface area (Å²) in [5, 5.41) is 0. The van der Waals surface area contributed by atoms with Crippen molar-refractivity contribution in [2.45, 2.75) is 32.2 Å². The van der Waals surface area contributed by atoms with Crippen LogP contribution >= 0.6 is 15.9 Å². The molecule has 1 fully saturated rings. The van der Waals surface area contributed by atoms with E-state index in [1.54, 1.807) is 6.07 Å². The van der Waals surface area contributed by atoms with Crippen LogP contribution in [0.15, 0.2) is 22.7 Å². The molecular formula is C13H15BrFNO. The van der Waals surface area contributed by atoms with Crippen molar-refractivity contribution < 1.29 is 9.18 Å². The highest BCUT2D eigenvalue weighted by Crippen LogP contribution is 2.25. The Balaban J connectivity index is 2.24. The maximum atomic E-state index is 13.0. The van der Waals surface area contributed by atoms with Crippen molar-refractivity contribution in [1.29, 1.82) is 0 Å². The van der Waals surface area contributed by atoms with E-state index in [9.17, 15) is 9.18 Å². The number of rotatable bonds is 2. The van der Waals surface area contributed by atoms with Crippen LogP contribution in [-0.2, 0) is 0 Å². The van der Waals surface area contributed by atoms with Gasteiger partial charge in [0.2, 0.25) is 0 Å². The molecule has 1 atom stereocenters. The standard InChI is InChI=1S/C13H15BrFNO/c1-2-10-4-3-7-16(10)13(17)11-6-5-9(15)8-12(11)14/h5-6,8,10H,2-4,7H2,1H3. The second kappa shape index (κ2) is 5.17. The van der Waals surface area contributed by atoms with Crippen molar-refractivity contribution in [3.05, 3.63) is 34.1 Å². The third kappa shape index (κ3) is 2.51. The molecule has 0 radical (unpaired) electrons. The number of hydrogen-bond donors (Lipinski definition) is 0. The lowest BCUT2D eigenvalue weighted by Gasteiger charge is -2.24. The average molecular weight is 300 g/mol. The van der Waals surface area contributed by atoms with Gasteiger partial charge in [-0.25, -0.2) is 4.39 Å². The Morgan fingerprint density at radius 3 is 3.00 bits per heavy atom. The first-order valence-electron chi connectivity index (χ1n) is 5.89. The molecule has 4 heteroatoms. The SMILES string of the molecule is CCC1CCCN1C(=O)c1ccc(F)cc1Br. The van der Waals surface area contributed by atoms with Crippen molar-refractivity contribution in [1.82, 2.24) is 4.90 Å². The molecule has 1 aliphatic rings. The highest BCUT2D eigenvalue weighted by atomic mass is 79.9. The second-order valence-corrected chi connectivity index (χ2v) is 5.18. The summed E-state index contributed by atoms with van der Waals surface area (Å²) in [6.45, 7) is 2.90. The van der Waals surface area contributed by atoms with Gasteiger partial charge < -0.3 is 4.90 Å². The third-order valence-corrected chi connectivity index (χ3v) is 3.93. The summed E-state index contributed by atoms with van der Waals surface area (Å²) in [5.41, 5.74) is 0.548. The van der Waals surface area contributed by atoms with Gasteiger partial charge in [0.1, 0.15) is 5.82 Å². The summed E-state index contributed by atoms with van der Waals surface area (Å²) >= 11 is 3.25. The maximum absolute atomic E-state index is 13.0. The molecule has 1 amide bonds. The Kier molecular flexibility index (Phi) is 3.82. The molecule has 1 aromatic rings. The minimum atomic E-state index is -0.332. The lowest BCUT2D eigenvalue weighted by atomic mass is 10.1. The molecule has 2 rings (SSSR count). The first kappa shape index (κ1) is 12.6. The predicted molar refractivity (Wildman–Crippen MR) is 68.4 cm³/mol. The summed E-state index contributed by atoms with van der Waals surface area (Å²) < 4.78 is 13.5. The van der Waals surface area contributed by atoms with E-state index in [-0.39, 0.29) is 11.7 Å². The number of carbonyl (C=O) groups is 1. The second-order valence-electron chi connectivity index (χ2n) is 4.33. The van der Waals surface area contributed by atoms with E-state index < -0.39 is 0 Å². The van der Waals surface area contributed by atoms with Gasteiger partial charge in [0.15, 0.2) is 0 Å². The van der Waals surface area contributed by atoms with Crippen LogP contribution in [0.1, 0.15) is 36.5 Å². The van der Waals surface area contributed by atoms with E-state index in [0.717, 1.165) is 25.8 Å². The maximum Gasteiger partial charge on any atom is 0.255 e. The van der Waals surface area contributed by atoms with E-state index in [1.807, 2.05) is 4.90 Å². The molecular weight excluding hydrogens is 285 g/mol. The predicted octanol–water partition coefficient (Wildman–Crippen LogP) is 3.60. The quantitative estimate of drug-likeness (QED) is 0.817. The highest BCUT2D eigenvalue weighted by Gasteiger charge is 2.28. The number of halogens is 2. The number of carbonyl (C=O) groups excluding carboxylic acids is 1. The molecule has 0 saturated carbocycles. The van der Waals surface area contributed by atoms with E-state index in [2.05, 4.69) is 22.9 Å². The molecule has 0 aromatic heterocycles. The van der Waals surface area contributed by atoms with Crippen molar-refractivity contribution >= 4 is 21.8 Å². The normalized spacial score (nSPS) is 19.7. The van der Waals surface area contributed by atoms with Gasteiger partial charge >= 0.3 is 0 Å². The van der Waals surface area contributed by atoms with Crippen molar-refractivity contribution in [3.8, 4) is 0 Å². The van der Waals surface area contributed by atoms with Gasteiger partial charge in [-0.05, 0) is 53.4 Å². The lowest BCUT2D eigenvalue weighted by molar-refractivity contribution is 0.0732. The van der Waals surface area contributed by atoms with Gasteiger partial charge in [-0.15, -0.1) is 0 Å². The Morgan fingerprint density at radius 1 is 1.59 bits per heavy atom. The van der Waals surface area contributed by atoms with Gasteiger partial charge in [-0.3, -0.25) is 4.79 Å². The van der Waals surface area contributed by atoms with Crippen LogP contribution in [0.5, 0.6) is 0 Å². The van der Waals surface area contributed by atoms with E-state index >= 15 is 0 Å². The molecule has 0 bridgehead atoms. The third-order valence-electron chi connectivity index (χ3n) is 3.27. The van der Waals surface area contributed by atoms with Crippen molar-refractivity contribution in [3.63, 3.8) is 0 Å². The fourth-order valence-electron chi connectivity index (χ4n) is 2.35. The fourth-order valence-corrected chi connectivity index (χ4v) is 2.87. The number of hydrogen-bond acceptors (Lipinski definition) is 1. The highest BCUT2D eigenvalue weighted by molar-refractivity contribution is 9.10. The van der Waals surface area contributed by atoms with Gasteiger partial charge in [0.05, 0.1) is 5.56 Å². The topological polar surface area (TPSA) is 20.3 Å². The summed E-state index contributed by atoms with van der Waals surface area (Å²) in [6, 6.07) is 4.55. The van der Waals surface area contributed by atoms with Crippen LogP contribution < -0.4 is 0 Å². The molecule has 0 N–H and O–H groups in total. The Bertz CT molecular complexity index is 435. The molecule has 1 heterocycles. The first-order chi connectivity index (χ1) is 8.13. The molecule has 0 spiro atoms. The molecule has 92 valence electrons. The minimum absolute atomic E-state index is 0.00113. The minimum Gasteiger partial charge on any atom is -0.336 e. The van der Waals surface area contributed by atoms with Gasteiger partial charge in [0.25, 0.3) is 5.91 Å². The van der Waals surface area contributed by atoms with Crippen molar-refractivity contribution in [2.75, 3.05) is 6.54 Å². The smallest absolute Gasteiger partial charge is 0.255 e. The van der Waals surface area contributed by atoms with Crippen LogP contribution in [-0.4, -0.2) is 23.4 Å². The molecule has 1 aromatic carbocycles. The number of amides is 1.